The average Bonchev–Trinajstić information content (AvgIpc) is 2.58. The van der Waals surface area contributed by atoms with Gasteiger partial charge in [-0.1, -0.05) is 13.0 Å². The number of benzene rings is 1. The number of H-pyrrole nitrogens is 1. The summed E-state index contributed by atoms with van der Waals surface area (Å²) in [7, 11) is 0. The van der Waals surface area contributed by atoms with Crippen LogP contribution in [0.25, 0.3) is 11.0 Å². The number of primary amides is 1. The van der Waals surface area contributed by atoms with E-state index in [0.717, 1.165) is 28.8 Å². The molecular weight excluding hydrogens is 190 g/mol. The molecule has 15 heavy (non-hydrogen) atoms. The minimum absolute atomic E-state index is 0.274. The highest BCUT2D eigenvalue weighted by molar-refractivity contribution is 5.80. The van der Waals surface area contributed by atoms with Crippen LogP contribution in [-0.4, -0.2) is 15.9 Å². The number of amides is 1. The smallest absolute Gasteiger partial charge is 0.221 e. The van der Waals surface area contributed by atoms with Gasteiger partial charge >= 0.3 is 0 Å². The van der Waals surface area contributed by atoms with Crippen molar-refractivity contribution in [1.29, 1.82) is 0 Å². The van der Waals surface area contributed by atoms with Gasteiger partial charge in [0.25, 0.3) is 0 Å². The van der Waals surface area contributed by atoms with E-state index in [9.17, 15) is 4.79 Å². The molecule has 0 aliphatic rings. The van der Waals surface area contributed by atoms with Crippen LogP contribution < -0.4 is 5.73 Å². The number of hydrogen-bond acceptors (Lipinski definition) is 2. The SMILES string of the molecule is CCc1nc2ccc(CC(N)=O)cc2[nH]1. The zero-order valence-corrected chi connectivity index (χ0v) is 8.58. The fourth-order valence-electron chi connectivity index (χ4n) is 1.59. The first kappa shape index (κ1) is 9.71. The topological polar surface area (TPSA) is 71.8 Å². The van der Waals surface area contributed by atoms with Crippen molar-refractivity contribution in [2.75, 3.05) is 0 Å². The second-order valence-corrected chi connectivity index (χ2v) is 3.53. The molecule has 1 aromatic carbocycles. The molecule has 0 radical (unpaired) electrons. The van der Waals surface area contributed by atoms with Crippen molar-refractivity contribution in [1.82, 2.24) is 9.97 Å². The summed E-state index contributed by atoms with van der Waals surface area (Å²) in [5.74, 6) is 0.644. The molecule has 0 bridgehead atoms. The molecular formula is C11H13N3O. The van der Waals surface area contributed by atoms with Gasteiger partial charge in [0.15, 0.2) is 0 Å². The van der Waals surface area contributed by atoms with Crippen LogP contribution in [0.3, 0.4) is 0 Å². The maximum absolute atomic E-state index is 10.8. The lowest BCUT2D eigenvalue weighted by molar-refractivity contribution is -0.117. The molecule has 1 heterocycles. The number of aryl methyl sites for hydroxylation is 1. The van der Waals surface area contributed by atoms with E-state index >= 15 is 0 Å². The predicted molar refractivity (Wildman–Crippen MR) is 58.4 cm³/mol. The average molecular weight is 203 g/mol. The van der Waals surface area contributed by atoms with E-state index in [2.05, 4.69) is 9.97 Å². The summed E-state index contributed by atoms with van der Waals surface area (Å²) in [5, 5.41) is 0. The van der Waals surface area contributed by atoms with Gasteiger partial charge in [0.2, 0.25) is 5.91 Å². The highest BCUT2D eigenvalue weighted by Gasteiger charge is 2.03. The first-order valence-electron chi connectivity index (χ1n) is 4.95. The largest absolute Gasteiger partial charge is 0.369 e. The predicted octanol–water partition coefficient (Wildman–Crippen LogP) is 1.15. The summed E-state index contributed by atoms with van der Waals surface area (Å²) in [4.78, 5) is 18.3. The van der Waals surface area contributed by atoms with Gasteiger partial charge in [0, 0.05) is 6.42 Å². The number of nitrogens with two attached hydrogens (primary N) is 1. The van der Waals surface area contributed by atoms with E-state index in [1.54, 1.807) is 0 Å². The summed E-state index contributed by atoms with van der Waals surface area (Å²) in [6.07, 6.45) is 1.15. The molecule has 78 valence electrons. The van der Waals surface area contributed by atoms with Gasteiger partial charge in [-0.25, -0.2) is 4.98 Å². The standard InChI is InChI=1S/C11H13N3O/c1-2-11-13-8-4-3-7(6-10(12)15)5-9(8)14-11/h3-5H,2,6H2,1H3,(H2,12,15)(H,13,14). The lowest BCUT2D eigenvalue weighted by Gasteiger charge is -1.96. The van der Waals surface area contributed by atoms with Crippen LogP contribution in [0.5, 0.6) is 0 Å². The van der Waals surface area contributed by atoms with E-state index in [0.29, 0.717) is 0 Å². The van der Waals surface area contributed by atoms with Crippen LogP contribution in [0.4, 0.5) is 0 Å². The fourth-order valence-corrected chi connectivity index (χ4v) is 1.59. The normalized spacial score (nSPS) is 10.7. The Morgan fingerprint density at radius 3 is 3.00 bits per heavy atom. The molecule has 4 heteroatoms. The number of nitrogens with one attached hydrogen (secondary N) is 1. The number of nitrogens with zero attached hydrogens (tertiary/aromatic N) is 1. The van der Waals surface area contributed by atoms with Crippen LogP contribution in [0, 0.1) is 0 Å². The molecule has 0 spiro atoms. The van der Waals surface area contributed by atoms with E-state index < -0.39 is 0 Å². The molecule has 0 fully saturated rings. The molecule has 0 saturated heterocycles. The van der Waals surface area contributed by atoms with Gasteiger partial charge < -0.3 is 10.7 Å². The zero-order valence-electron chi connectivity index (χ0n) is 8.58. The zero-order chi connectivity index (χ0) is 10.8. The first-order valence-corrected chi connectivity index (χ1v) is 4.95. The van der Waals surface area contributed by atoms with Gasteiger partial charge in [-0.2, -0.15) is 0 Å². The lowest BCUT2D eigenvalue weighted by atomic mass is 10.1. The molecule has 4 nitrogen and oxygen atoms in total. The Morgan fingerprint density at radius 1 is 1.53 bits per heavy atom. The molecule has 2 rings (SSSR count). The third-order valence-corrected chi connectivity index (χ3v) is 2.31. The van der Waals surface area contributed by atoms with Crippen LogP contribution in [0.1, 0.15) is 18.3 Å². The third-order valence-electron chi connectivity index (χ3n) is 2.31. The van der Waals surface area contributed by atoms with Crippen molar-refractivity contribution in [3.05, 3.63) is 29.6 Å². The van der Waals surface area contributed by atoms with Gasteiger partial charge in [-0.15, -0.1) is 0 Å². The monoisotopic (exact) mass is 203 g/mol. The molecule has 1 aromatic heterocycles. The van der Waals surface area contributed by atoms with Crippen LogP contribution in [-0.2, 0) is 17.6 Å². The van der Waals surface area contributed by atoms with Gasteiger partial charge in [-0.05, 0) is 17.7 Å². The van der Waals surface area contributed by atoms with E-state index in [1.807, 2.05) is 25.1 Å². The van der Waals surface area contributed by atoms with Crippen LogP contribution >= 0.6 is 0 Å². The second-order valence-electron chi connectivity index (χ2n) is 3.53. The van der Waals surface area contributed by atoms with Crippen LogP contribution in [0.15, 0.2) is 18.2 Å². The van der Waals surface area contributed by atoms with E-state index in [4.69, 9.17) is 5.73 Å². The number of imidazole rings is 1. The molecule has 0 atom stereocenters. The van der Waals surface area contributed by atoms with Gasteiger partial charge in [0.05, 0.1) is 17.5 Å². The number of carbonyl (C=O) groups is 1. The van der Waals surface area contributed by atoms with Crippen LogP contribution in [0.2, 0.25) is 0 Å². The third kappa shape index (κ3) is 1.98. The molecule has 0 unspecified atom stereocenters. The molecule has 0 aliphatic carbocycles. The minimum Gasteiger partial charge on any atom is -0.369 e. The highest BCUT2D eigenvalue weighted by Crippen LogP contribution is 2.14. The summed E-state index contributed by atoms with van der Waals surface area (Å²) in [6, 6.07) is 5.71. The Hall–Kier alpha value is -1.84. The van der Waals surface area contributed by atoms with Crippen molar-refractivity contribution in [3.8, 4) is 0 Å². The molecule has 1 amide bonds. The molecule has 2 aromatic rings. The first-order chi connectivity index (χ1) is 7.19. The number of fused-ring (bicyclic) bond motifs is 1. The van der Waals surface area contributed by atoms with Crippen molar-refractivity contribution in [3.63, 3.8) is 0 Å². The van der Waals surface area contributed by atoms with Gasteiger partial charge in [0.1, 0.15) is 5.82 Å². The lowest BCUT2D eigenvalue weighted by Crippen LogP contribution is -2.13. The van der Waals surface area contributed by atoms with Crippen molar-refractivity contribution < 1.29 is 4.79 Å². The maximum Gasteiger partial charge on any atom is 0.221 e. The summed E-state index contributed by atoms with van der Waals surface area (Å²) in [6.45, 7) is 2.04. The van der Waals surface area contributed by atoms with E-state index in [-0.39, 0.29) is 12.3 Å². The Balaban J connectivity index is 2.41. The Bertz CT molecular complexity index is 502. The summed E-state index contributed by atoms with van der Waals surface area (Å²) in [5.41, 5.74) is 7.95. The minimum atomic E-state index is -0.315. The Morgan fingerprint density at radius 2 is 2.33 bits per heavy atom. The summed E-state index contributed by atoms with van der Waals surface area (Å²) >= 11 is 0. The Kier molecular flexibility index (Phi) is 2.41. The van der Waals surface area contributed by atoms with Crippen molar-refractivity contribution in [2.45, 2.75) is 19.8 Å². The highest BCUT2D eigenvalue weighted by atomic mass is 16.1. The second kappa shape index (κ2) is 3.73. The summed E-state index contributed by atoms with van der Waals surface area (Å²) < 4.78 is 0. The molecule has 0 saturated carbocycles. The number of aromatic amines is 1. The fraction of sp³-hybridized carbons (Fsp3) is 0.273. The van der Waals surface area contributed by atoms with Crippen molar-refractivity contribution in [2.24, 2.45) is 5.73 Å². The number of rotatable bonds is 3. The molecule has 0 aliphatic heterocycles. The number of hydrogen-bond donors (Lipinski definition) is 2. The molecule has 3 N–H and O–H groups in total. The Labute approximate surface area is 87.5 Å². The van der Waals surface area contributed by atoms with Crippen molar-refractivity contribution >= 4 is 16.9 Å². The maximum atomic E-state index is 10.8. The quantitative estimate of drug-likeness (QED) is 0.785. The van der Waals surface area contributed by atoms with Gasteiger partial charge in [-0.3, -0.25) is 4.79 Å². The van der Waals surface area contributed by atoms with E-state index in [1.165, 1.54) is 0 Å². The number of carbonyl (C=O) groups excluding carboxylic acids is 1. The number of aromatic nitrogens is 2.